The van der Waals surface area contributed by atoms with E-state index in [9.17, 15) is 4.79 Å². The van der Waals surface area contributed by atoms with Gasteiger partial charge in [-0.05, 0) is 61.0 Å². The molecule has 0 saturated carbocycles. The van der Waals surface area contributed by atoms with Crippen LogP contribution in [-0.2, 0) is 19.5 Å². The molecule has 9 heteroatoms. The molecule has 7 nitrogen and oxygen atoms in total. The molecule has 3 aliphatic rings. The normalized spacial score (nSPS) is 18.3. The van der Waals surface area contributed by atoms with Gasteiger partial charge in [-0.15, -0.1) is 11.3 Å². The summed E-state index contributed by atoms with van der Waals surface area (Å²) < 4.78 is 13.7. The number of carbonyl (C=O) groups excluding carboxylic acids is 1. The first-order chi connectivity index (χ1) is 18.5. The summed E-state index contributed by atoms with van der Waals surface area (Å²) in [4.78, 5) is 19.8. The Hall–Kier alpha value is -3.46. The molecule has 1 N–H and O–H groups in total. The number of anilines is 1. The smallest absolute Gasteiger partial charge is 0.322 e. The molecule has 5 heterocycles. The molecule has 7 rings (SSSR count). The average molecular weight is 547 g/mol. The van der Waals surface area contributed by atoms with E-state index < -0.39 is 0 Å². The van der Waals surface area contributed by atoms with Gasteiger partial charge in [-0.1, -0.05) is 23.7 Å². The number of carbonyl (C=O) groups is 1. The molecule has 2 amide bonds. The van der Waals surface area contributed by atoms with Gasteiger partial charge in [0.05, 0.1) is 18.3 Å². The number of hydrogen-bond acceptors (Lipinski definition) is 5. The number of urea groups is 1. The Morgan fingerprint density at radius 1 is 1.03 bits per heavy atom. The van der Waals surface area contributed by atoms with Gasteiger partial charge in [0.2, 0.25) is 0 Å². The van der Waals surface area contributed by atoms with Gasteiger partial charge in [-0.3, -0.25) is 0 Å². The first-order valence-corrected chi connectivity index (χ1v) is 14.0. The Balaban J connectivity index is 1.32. The van der Waals surface area contributed by atoms with E-state index in [2.05, 4.69) is 40.2 Å². The van der Waals surface area contributed by atoms with Crippen LogP contribution in [0.5, 0.6) is 11.5 Å². The lowest BCUT2D eigenvalue weighted by Crippen LogP contribution is -2.38. The minimum Gasteiger partial charge on any atom is -0.486 e. The second kappa shape index (κ2) is 9.38. The zero-order valence-electron chi connectivity index (χ0n) is 20.9. The third-order valence-electron chi connectivity index (χ3n) is 7.50. The van der Waals surface area contributed by atoms with Crippen molar-refractivity contribution in [2.45, 2.75) is 25.6 Å². The third kappa shape index (κ3) is 4.04. The summed E-state index contributed by atoms with van der Waals surface area (Å²) in [5.74, 6) is 1.34. The molecule has 2 aromatic carbocycles. The molecule has 0 radical (unpaired) electrons. The van der Waals surface area contributed by atoms with Crippen LogP contribution >= 0.6 is 22.9 Å². The van der Waals surface area contributed by atoms with E-state index in [0.717, 1.165) is 30.8 Å². The van der Waals surface area contributed by atoms with Crippen LogP contribution in [0, 0.1) is 0 Å². The van der Waals surface area contributed by atoms with Gasteiger partial charge in [0.25, 0.3) is 0 Å². The van der Waals surface area contributed by atoms with E-state index in [4.69, 9.17) is 21.1 Å². The lowest BCUT2D eigenvalue weighted by Gasteiger charge is -2.32. The monoisotopic (exact) mass is 546 g/mol. The fraction of sp³-hybridized carbons (Fsp3) is 0.276. The van der Waals surface area contributed by atoms with Gasteiger partial charge in [0.15, 0.2) is 11.5 Å². The van der Waals surface area contributed by atoms with Gasteiger partial charge < -0.3 is 29.2 Å². The minimum absolute atomic E-state index is 0.171. The first-order valence-electron chi connectivity index (χ1n) is 12.8. The molecule has 38 heavy (non-hydrogen) atoms. The zero-order chi connectivity index (χ0) is 25.8. The van der Waals surface area contributed by atoms with Crippen LogP contribution in [0.3, 0.4) is 0 Å². The number of rotatable bonds is 2. The number of amides is 2. The van der Waals surface area contributed by atoms with Crippen LogP contribution in [0.2, 0.25) is 5.02 Å². The Morgan fingerprint density at radius 2 is 1.84 bits per heavy atom. The van der Waals surface area contributed by atoms with Crippen LogP contribution < -0.4 is 14.8 Å². The highest BCUT2D eigenvalue weighted by atomic mass is 35.5. The quantitative estimate of drug-likeness (QED) is 0.330. The number of nitrogens with zero attached hydrogens (tertiary/aromatic N) is 3. The standard InChI is InChI=1S/C29H27ClN4O3S/c1-32-12-10-21-22-16-34(29(35)31-20-8-9-24-25(15-20)37-14-13-36-24)27(18-4-6-19(30)7-5-18)23-3-2-11-33(23)28(22)38-26(21)17-32/h2-9,11,15,27H,10,12-14,16-17H2,1H3,(H,31,35)/t27-/m1/s1. The van der Waals surface area contributed by atoms with E-state index in [0.29, 0.717) is 42.0 Å². The first kappa shape index (κ1) is 23.6. The Bertz CT molecular complexity index is 1530. The van der Waals surface area contributed by atoms with Crippen molar-refractivity contribution in [1.29, 1.82) is 0 Å². The largest absolute Gasteiger partial charge is 0.486 e. The summed E-state index contributed by atoms with van der Waals surface area (Å²) >= 11 is 8.10. The van der Waals surface area contributed by atoms with Crippen LogP contribution in [0.25, 0.3) is 5.00 Å². The number of likely N-dealkylation sites (N-methyl/N-ethyl adjacent to an activating group) is 1. The number of ether oxygens (including phenoxy) is 2. The summed E-state index contributed by atoms with van der Waals surface area (Å²) in [5, 5.41) is 5.02. The fourth-order valence-electron chi connectivity index (χ4n) is 5.66. The molecule has 1 atom stereocenters. The number of benzene rings is 2. The van der Waals surface area contributed by atoms with Crippen molar-refractivity contribution in [3.05, 3.63) is 93.1 Å². The van der Waals surface area contributed by atoms with Gasteiger partial charge >= 0.3 is 6.03 Å². The van der Waals surface area contributed by atoms with Gasteiger partial charge in [0, 0.05) is 46.5 Å². The highest BCUT2D eigenvalue weighted by Crippen LogP contribution is 2.44. The Labute approximate surface area is 230 Å². The highest BCUT2D eigenvalue weighted by Gasteiger charge is 2.36. The summed E-state index contributed by atoms with van der Waals surface area (Å²) in [6, 6.07) is 17.1. The zero-order valence-corrected chi connectivity index (χ0v) is 22.5. The molecule has 0 unspecified atom stereocenters. The maximum absolute atomic E-state index is 14.1. The van der Waals surface area contributed by atoms with Crippen molar-refractivity contribution in [1.82, 2.24) is 14.4 Å². The van der Waals surface area contributed by atoms with E-state index in [1.54, 1.807) is 0 Å². The van der Waals surface area contributed by atoms with Crippen molar-refractivity contribution < 1.29 is 14.3 Å². The molecule has 3 aliphatic heterocycles. The SMILES string of the molecule is CN1CCc2c(sc3c2CN(C(=O)Nc2ccc4c(c2)OCCO4)[C@H](c2ccc(Cl)cc2)c2cccn2-3)C1. The number of aromatic nitrogens is 1. The summed E-state index contributed by atoms with van der Waals surface area (Å²) in [7, 11) is 2.17. The molecule has 0 bridgehead atoms. The van der Waals surface area contributed by atoms with Crippen LogP contribution in [0.1, 0.15) is 33.3 Å². The number of hydrogen-bond donors (Lipinski definition) is 1. The van der Waals surface area contributed by atoms with E-state index in [-0.39, 0.29) is 12.1 Å². The molecule has 0 fully saturated rings. The average Bonchev–Trinajstić information content (AvgIpc) is 3.50. The molecule has 0 spiro atoms. The van der Waals surface area contributed by atoms with Crippen LogP contribution in [0.4, 0.5) is 10.5 Å². The van der Waals surface area contributed by atoms with Gasteiger partial charge in [-0.25, -0.2) is 4.79 Å². The number of halogens is 1. The van der Waals surface area contributed by atoms with E-state index in [1.165, 1.54) is 21.0 Å². The third-order valence-corrected chi connectivity index (χ3v) is 9.01. The summed E-state index contributed by atoms with van der Waals surface area (Å²) in [6.45, 7) is 3.48. The molecule has 0 saturated heterocycles. The van der Waals surface area contributed by atoms with E-state index >= 15 is 0 Å². The number of fused-ring (bicyclic) bond motifs is 6. The molecule has 2 aromatic heterocycles. The van der Waals surface area contributed by atoms with Crippen molar-refractivity contribution in [2.75, 3.05) is 32.1 Å². The second-order valence-corrected chi connectivity index (χ2v) is 11.5. The highest BCUT2D eigenvalue weighted by molar-refractivity contribution is 7.15. The Morgan fingerprint density at radius 3 is 2.68 bits per heavy atom. The minimum atomic E-state index is -0.291. The predicted octanol–water partition coefficient (Wildman–Crippen LogP) is 6.09. The predicted molar refractivity (Wildman–Crippen MR) is 149 cm³/mol. The number of thiophene rings is 1. The van der Waals surface area contributed by atoms with Crippen LogP contribution in [0.15, 0.2) is 60.8 Å². The maximum Gasteiger partial charge on any atom is 0.322 e. The van der Waals surface area contributed by atoms with E-state index in [1.807, 2.05) is 58.7 Å². The molecular weight excluding hydrogens is 520 g/mol. The van der Waals surface area contributed by atoms with Crippen molar-refractivity contribution >= 4 is 34.7 Å². The summed E-state index contributed by atoms with van der Waals surface area (Å²) in [6.07, 6.45) is 3.10. The second-order valence-electron chi connectivity index (χ2n) is 9.95. The van der Waals surface area contributed by atoms with Gasteiger partial charge in [-0.2, -0.15) is 0 Å². The van der Waals surface area contributed by atoms with Crippen LogP contribution in [-0.4, -0.2) is 47.2 Å². The molecule has 4 aromatic rings. The molecular formula is C29H27ClN4O3S. The molecule has 0 aliphatic carbocycles. The number of nitrogens with one attached hydrogen (secondary N) is 1. The maximum atomic E-state index is 14.1. The topological polar surface area (TPSA) is 59.0 Å². The Kier molecular flexibility index (Phi) is 5.83. The van der Waals surface area contributed by atoms with Crippen molar-refractivity contribution in [2.24, 2.45) is 0 Å². The van der Waals surface area contributed by atoms with Crippen molar-refractivity contribution in [3.63, 3.8) is 0 Å². The van der Waals surface area contributed by atoms with Crippen molar-refractivity contribution in [3.8, 4) is 16.5 Å². The fourth-order valence-corrected chi connectivity index (χ4v) is 7.23. The van der Waals surface area contributed by atoms with Gasteiger partial charge in [0.1, 0.15) is 18.2 Å². The summed E-state index contributed by atoms with van der Waals surface area (Å²) in [5.41, 5.74) is 5.36. The lowest BCUT2D eigenvalue weighted by molar-refractivity contribution is 0.171. The lowest BCUT2D eigenvalue weighted by atomic mass is 10.0. The molecule has 194 valence electrons.